The number of esters is 1. The first-order valence-corrected chi connectivity index (χ1v) is 11.2. The van der Waals surface area contributed by atoms with Crippen LogP contribution in [0, 0.1) is 17.0 Å². The van der Waals surface area contributed by atoms with Gasteiger partial charge in [-0.25, -0.2) is 4.79 Å². The molecule has 3 aromatic carbocycles. The third-order valence-electron chi connectivity index (χ3n) is 6.63. The van der Waals surface area contributed by atoms with Crippen molar-refractivity contribution in [2.24, 2.45) is 0 Å². The van der Waals surface area contributed by atoms with E-state index >= 15 is 0 Å². The molecule has 35 heavy (non-hydrogen) atoms. The van der Waals surface area contributed by atoms with Crippen molar-refractivity contribution >= 4 is 28.5 Å². The fourth-order valence-corrected chi connectivity index (χ4v) is 4.93. The van der Waals surface area contributed by atoms with Gasteiger partial charge >= 0.3 is 5.97 Å². The molecule has 0 aliphatic carbocycles. The van der Waals surface area contributed by atoms with Gasteiger partial charge in [-0.3, -0.25) is 14.9 Å². The summed E-state index contributed by atoms with van der Waals surface area (Å²) in [5.41, 5.74) is 4.45. The summed E-state index contributed by atoms with van der Waals surface area (Å²) in [6, 6.07) is 19.5. The van der Waals surface area contributed by atoms with Crippen molar-refractivity contribution < 1.29 is 19.2 Å². The molecule has 0 radical (unpaired) electrons. The molecule has 8 heteroatoms. The van der Waals surface area contributed by atoms with Gasteiger partial charge in [0.2, 0.25) is 0 Å². The molecule has 1 N–H and O–H groups in total. The highest BCUT2D eigenvalue weighted by atomic mass is 16.6. The zero-order valence-corrected chi connectivity index (χ0v) is 19.2. The minimum Gasteiger partial charge on any atom is -0.467 e. The zero-order chi connectivity index (χ0) is 24.7. The van der Waals surface area contributed by atoms with E-state index in [0.29, 0.717) is 11.1 Å². The second-order valence-electron chi connectivity index (χ2n) is 8.58. The number of nitro benzene ring substituents is 1. The third-order valence-corrected chi connectivity index (χ3v) is 6.63. The molecular weight excluding hydrogens is 446 g/mol. The van der Waals surface area contributed by atoms with E-state index in [-0.39, 0.29) is 18.0 Å². The Morgan fingerprint density at radius 2 is 1.71 bits per heavy atom. The van der Waals surface area contributed by atoms with Crippen molar-refractivity contribution in [1.29, 1.82) is 0 Å². The van der Waals surface area contributed by atoms with Crippen LogP contribution in [-0.2, 0) is 16.0 Å². The van der Waals surface area contributed by atoms with Gasteiger partial charge in [-0.2, -0.15) is 0 Å². The molecule has 8 nitrogen and oxygen atoms in total. The molecule has 5 rings (SSSR count). The van der Waals surface area contributed by atoms with Gasteiger partial charge < -0.3 is 14.6 Å². The number of ether oxygens (including phenoxy) is 1. The monoisotopic (exact) mass is 469 g/mol. The number of amides is 1. The SMILES string of the molecule is COC(=O)C1Cc2c([nH]c3ccccc23)C(c2ccc([N+](=O)[O-])cc2)N1C(=O)c1ccccc1C. The van der Waals surface area contributed by atoms with Gasteiger partial charge in [0.25, 0.3) is 11.6 Å². The van der Waals surface area contributed by atoms with Crippen molar-refractivity contribution in [2.75, 3.05) is 7.11 Å². The molecule has 0 bridgehead atoms. The van der Waals surface area contributed by atoms with Crippen LogP contribution in [0.2, 0.25) is 0 Å². The number of aromatic nitrogens is 1. The number of hydrogen-bond donors (Lipinski definition) is 1. The molecule has 1 aliphatic heterocycles. The third kappa shape index (κ3) is 3.73. The molecule has 176 valence electrons. The van der Waals surface area contributed by atoms with Gasteiger partial charge in [0, 0.05) is 40.7 Å². The second kappa shape index (κ2) is 8.72. The lowest BCUT2D eigenvalue weighted by Crippen LogP contribution is -2.52. The molecule has 4 aromatic rings. The van der Waals surface area contributed by atoms with Gasteiger partial charge in [-0.15, -0.1) is 0 Å². The van der Waals surface area contributed by atoms with Gasteiger partial charge in [-0.1, -0.05) is 36.4 Å². The van der Waals surface area contributed by atoms with Crippen molar-refractivity contribution in [1.82, 2.24) is 9.88 Å². The first-order chi connectivity index (χ1) is 16.9. The summed E-state index contributed by atoms with van der Waals surface area (Å²) in [4.78, 5) is 42.9. The molecule has 2 heterocycles. The summed E-state index contributed by atoms with van der Waals surface area (Å²) in [6.07, 6.45) is 0.285. The predicted octanol–water partition coefficient (Wildman–Crippen LogP) is 4.71. The molecule has 1 amide bonds. The van der Waals surface area contributed by atoms with Crippen molar-refractivity contribution in [3.8, 4) is 0 Å². The summed E-state index contributed by atoms with van der Waals surface area (Å²) < 4.78 is 5.14. The number of aromatic amines is 1. The Labute approximate surface area is 201 Å². The largest absolute Gasteiger partial charge is 0.467 e. The average molecular weight is 469 g/mol. The van der Waals surface area contributed by atoms with E-state index in [9.17, 15) is 19.7 Å². The maximum atomic E-state index is 14.0. The van der Waals surface area contributed by atoms with Crippen LogP contribution in [0.4, 0.5) is 5.69 Å². The normalized spacial score (nSPS) is 17.1. The minimum atomic E-state index is -0.876. The number of nitrogens with one attached hydrogen (secondary N) is 1. The van der Waals surface area contributed by atoms with E-state index < -0.39 is 23.0 Å². The number of hydrogen-bond acceptors (Lipinski definition) is 5. The number of aryl methyl sites for hydroxylation is 1. The number of benzene rings is 3. The van der Waals surface area contributed by atoms with Crippen molar-refractivity contribution in [3.05, 3.63) is 111 Å². The second-order valence-corrected chi connectivity index (χ2v) is 8.58. The number of nitrogens with zero attached hydrogens (tertiary/aromatic N) is 2. The van der Waals surface area contributed by atoms with Gasteiger partial charge in [0.15, 0.2) is 0 Å². The van der Waals surface area contributed by atoms with E-state index in [4.69, 9.17) is 4.74 Å². The van der Waals surface area contributed by atoms with Gasteiger partial charge in [0.05, 0.1) is 18.1 Å². The fourth-order valence-electron chi connectivity index (χ4n) is 4.93. The van der Waals surface area contributed by atoms with E-state index in [1.54, 1.807) is 29.2 Å². The van der Waals surface area contributed by atoms with E-state index in [2.05, 4.69) is 4.98 Å². The number of nitro groups is 1. The Morgan fingerprint density at radius 1 is 1.03 bits per heavy atom. The summed E-state index contributed by atoms with van der Waals surface area (Å²) in [7, 11) is 1.31. The molecule has 0 saturated heterocycles. The lowest BCUT2D eigenvalue weighted by molar-refractivity contribution is -0.384. The van der Waals surface area contributed by atoms with Crippen LogP contribution in [-0.4, -0.2) is 39.8 Å². The van der Waals surface area contributed by atoms with E-state index in [1.165, 1.54) is 19.2 Å². The van der Waals surface area contributed by atoms with Crippen LogP contribution in [0.15, 0.2) is 72.8 Å². The number of rotatable bonds is 4. The van der Waals surface area contributed by atoms with Crippen molar-refractivity contribution in [3.63, 3.8) is 0 Å². The summed E-state index contributed by atoms with van der Waals surface area (Å²) in [6.45, 7) is 1.85. The summed E-state index contributed by atoms with van der Waals surface area (Å²) in [5.74, 6) is -0.832. The maximum Gasteiger partial charge on any atom is 0.328 e. The molecular formula is C27H23N3O5. The Balaban J connectivity index is 1.76. The van der Waals surface area contributed by atoms with Crippen LogP contribution < -0.4 is 0 Å². The minimum absolute atomic E-state index is 0.0530. The Morgan fingerprint density at radius 3 is 2.40 bits per heavy atom. The number of methoxy groups -OCH3 is 1. The van der Waals surface area contributed by atoms with Gasteiger partial charge in [-0.05, 0) is 47.9 Å². The fraction of sp³-hybridized carbons (Fsp3) is 0.185. The molecule has 0 fully saturated rings. The standard InChI is InChI=1S/C27H23N3O5/c1-16-7-3-4-8-19(16)26(31)29-23(27(32)35-2)15-21-20-9-5-6-10-22(20)28-24(21)25(29)17-11-13-18(14-12-17)30(33)34/h3-14,23,25,28H,15H2,1-2H3. The Kier molecular flexibility index (Phi) is 5.56. The number of non-ortho nitro benzene ring substituents is 1. The number of fused-ring (bicyclic) bond motifs is 3. The van der Waals surface area contributed by atoms with Gasteiger partial charge in [0.1, 0.15) is 6.04 Å². The smallest absolute Gasteiger partial charge is 0.328 e. The molecule has 0 spiro atoms. The van der Waals surface area contributed by atoms with Crippen LogP contribution >= 0.6 is 0 Å². The molecule has 0 saturated carbocycles. The first-order valence-electron chi connectivity index (χ1n) is 11.2. The quantitative estimate of drug-likeness (QED) is 0.265. The lowest BCUT2D eigenvalue weighted by atomic mass is 9.87. The van der Waals surface area contributed by atoms with Crippen LogP contribution in [0.25, 0.3) is 10.9 Å². The van der Waals surface area contributed by atoms with Crippen LogP contribution in [0.3, 0.4) is 0 Å². The number of carbonyl (C=O) groups excluding carboxylic acids is 2. The molecule has 2 atom stereocenters. The Bertz CT molecular complexity index is 1460. The zero-order valence-electron chi connectivity index (χ0n) is 19.2. The Hall–Kier alpha value is -4.46. The van der Waals surface area contributed by atoms with Crippen LogP contribution in [0.5, 0.6) is 0 Å². The molecule has 1 aliphatic rings. The van der Waals surface area contributed by atoms with E-state index in [1.807, 2.05) is 43.3 Å². The number of H-pyrrole nitrogens is 1. The highest BCUT2D eigenvalue weighted by Crippen LogP contribution is 2.42. The highest BCUT2D eigenvalue weighted by molar-refractivity contribution is 5.99. The van der Waals surface area contributed by atoms with Crippen molar-refractivity contribution in [2.45, 2.75) is 25.4 Å². The number of carbonyl (C=O) groups is 2. The molecule has 1 aromatic heterocycles. The number of para-hydroxylation sites is 1. The summed E-state index contributed by atoms with van der Waals surface area (Å²) in [5, 5.41) is 12.2. The predicted molar refractivity (Wildman–Crippen MR) is 130 cm³/mol. The highest BCUT2D eigenvalue weighted by Gasteiger charge is 2.44. The first kappa shape index (κ1) is 22.3. The summed E-state index contributed by atoms with van der Waals surface area (Å²) >= 11 is 0. The average Bonchev–Trinajstić information content (AvgIpc) is 3.25. The topological polar surface area (TPSA) is 106 Å². The van der Waals surface area contributed by atoms with E-state index in [0.717, 1.165) is 27.7 Å². The molecule has 2 unspecified atom stereocenters. The lowest BCUT2D eigenvalue weighted by Gasteiger charge is -2.41. The maximum absolute atomic E-state index is 14.0. The van der Waals surface area contributed by atoms with Crippen LogP contribution in [0.1, 0.15) is 38.8 Å².